The van der Waals surface area contributed by atoms with Crippen LogP contribution in [0, 0.1) is 5.92 Å². The molecule has 2 atom stereocenters. The molecule has 0 radical (unpaired) electrons. The molecule has 3 rings (SSSR count). The van der Waals surface area contributed by atoms with Crippen LogP contribution in [0.4, 0.5) is 0 Å². The van der Waals surface area contributed by atoms with E-state index in [4.69, 9.17) is 0 Å². The van der Waals surface area contributed by atoms with Gasteiger partial charge < -0.3 is 10.0 Å². The van der Waals surface area contributed by atoms with Crippen molar-refractivity contribution in [1.82, 2.24) is 14.8 Å². The SMILES string of the molecule is CC(C)Cc1nc(C(=O)N2CCN([C@@H]3CCC[C@H]3O)CC2)cs1. The minimum absolute atomic E-state index is 0.0582. The van der Waals surface area contributed by atoms with E-state index < -0.39 is 0 Å². The second-order valence-corrected chi connectivity index (χ2v) is 8.06. The number of nitrogens with zero attached hydrogens (tertiary/aromatic N) is 3. The molecule has 1 aliphatic carbocycles. The zero-order valence-corrected chi connectivity index (χ0v) is 14.9. The van der Waals surface area contributed by atoms with Crippen molar-refractivity contribution in [3.8, 4) is 0 Å². The van der Waals surface area contributed by atoms with Crippen molar-refractivity contribution in [2.45, 2.75) is 51.7 Å². The van der Waals surface area contributed by atoms with Crippen LogP contribution >= 0.6 is 11.3 Å². The Balaban J connectivity index is 1.54. The average molecular weight is 337 g/mol. The Morgan fingerprint density at radius 3 is 2.70 bits per heavy atom. The molecule has 128 valence electrons. The van der Waals surface area contributed by atoms with Gasteiger partial charge in [-0.25, -0.2) is 4.98 Å². The molecule has 6 heteroatoms. The van der Waals surface area contributed by atoms with E-state index >= 15 is 0 Å². The van der Waals surface area contributed by atoms with E-state index in [1.807, 2.05) is 10.3 Å². The zero-order valence-electron chi connectivity index (χ0n) is 14.1. The molecule has 1 saturated heterocycles. The molecule has 2 heterocycles. The standard InChI is InChI=1S/C17H27N3O2S/c1-12(2)10-16-18-13(11-23-16)17(22)20-8-6-19(7-9-20)14-4-3-5-15(14)21/h11-12,14-15,21H,3-10H2,1-2H3/t14-,15-/m1/s1. The predicted octanol–water partition coefficient (Wildman–Crippen LogP) is 2.01. The number of aliphatic hydroxyl groups is 1. The van der Waals surface area contributed by atoms with Gasteiger partial charge in [0.25, 0.3) is 5.91 Å². The fourth-order valence-electron chi connectivity index (χ4n) is 3.62. The van der Waals surface area contributed by atoms with Gasteiger partial charge in [0.2, 0.25) is 0 Å². The minimum atomic E-state index is -0.186. The number of carbonyl (C=O) groups is 1. The maximum absolute atomic E-state index is 12.6. The van der Waals surface area contributed by atoms with Crippen molar-refractivity contribution in [1.29, 1.82) is 0 Å². The van der Waals surface area contributed by atoms with E-state index in [0.717, 1.165) is 56.9 Å². The van der Waals surface area contributed by atoms with Crippen molar-refractivity contribution in [3.05, 3.63) is 16.1 Å². The average Bonchev–Trinajstić information content (AvgIpc) is 3.15. The number of piperazine rings is 1. The van der Waals surface area contributed by atoms with Crippen molar-refractivity contribution in [2.75, 3.05) is 26.2 Å². The normalized spacial score (nSPS) is 26.2. The first-order chi connectivity index (χ1) is 11.0. The molecule has 2 fully saturated rings. The van der Waals surface area contributed by atoms with Gasteiger partial charge in [-0.15, -0.1) is 11.3 Å². The van der Waals surface area contributed by atoms with E-state index in [2.05, 4.69) is 23.7 Å². The topological polar surface area (TPSA) is 56.7 Å². The van der Waals surface area contributed by atoms with E-state index in [1.54, 1.807) is 11.3 Å². The third-order valence-electron chi connectivity index (χ3n) is 4.87. The van der Waals surface area contributed by atoms with Gasteiger partial charge in [-0.3, -0.25) is 9.69 Å². The molecule has 1 N–H and O–H groups in total. The third-order valence-corrected chi connectivity index (χ3v) is 5.74. The van der Waals surface area contributed by atoms with Gasteiger partial charge in [0.05, 0.1) is 11.1 Å². The van der Waals surface area contributed by atoms with Crippen molar-refractivity contribution < 1.29 is 9.90 Å². The number of hydrogen-bond acceptors (Lipinski definition) is 5. The van der Waals surface area contributed by atoms with E-state index in [-0.39, 0.29) is 12.0 Å². The number of aromatic nitrogens is 1. The van der Waals surface area contributed by atoms with Gasteiger partial charge in [0.1, 0.15) is 5.69 Å². The number of thiazole rings is 1. The Morgan fingerprint density at radius 2 is 2.09 bits per heavy atom. The van der Waals surface area contributed by atoms with Gasteiger partial charge in [-0.05, 0) is 25.2 Å². The zero-order chi connectivity index (χ0) is 16.4. The largest absolute Gasteiger partial charge is 0.391 e. The lowest BCUT2D eigenvalue weighted by Gasteiger charge is -2.38. The molecule has 2 aliphatic rings. The molecule has 0 unspecified atom stereocenters. The third kappa shape index (κ3) is 3.92. The maximum atomic E-state index is 12.6. The smallest absolute Gasteiger partial charge is 0.273 e. The van der Waals surface area contributed by atoms with Crippen LogP contribution in [-0.2, 0) is 6.42 Å². The summed E-state index contributed by atoms with van der Waals surface area (Å²) >= 11 is 1.59. The lowest BCUT2D eigenvalue weighted by atomic mass is 10.1. The lowest BCUT2D eigenvalue weighted by molar-refractivity contribution is 0.0313. The number of aliphatic hydroxyl groups excluding tert-OH is 1. The molecule has 0 spiro atoms. The highest BCUT2D eigenvalue weighted by atomic mass is 32.1. The van der Waals surface area contributed by atoms with E-state index in [1.165, 1.54) is 0 Å². The number of carbonyl (C=O) groups excluding carboxylic acids is 1. The number of amides is 1. The van der Waals surface area contributed by atoms with Gasteiger partial charge in [-0.2, -0.15) is 0 Å². The summed E-state index contributed by atoms with van der Waals surface area (Å²) in [7, 11) is 0. The molecular weight excluding hydrogens is 310 g/mol. The Morgan fingerprint density at radius 1 is 1.35 bits per heavy atom. The molecule has 1 amide bonds. The molecule has 1 aromatic heterocycles. The molecule has 5 nitrogen and oxygen atoms in total. The minimum Gasteiger partial charge on any atom is -0.391 e. The monoisotopic (exact) mass is 337 g/mol. The summed E-state index contributed by atoms with van der Waals surface area (Å²) in [5.41, 5.74) is 0.597. The van der Waals surface area contributed by atoms with Gasteiger partial charge >= 0.3 is 0 Å². The molecular formula is C17H27N3O2S. The van der Waals surface area contributed by atoms with Crippen LogP contribution in [0.2, 0.25) is 0 Å². The Bertz CT molecular complexity index is 538. The van der Waals surface area contributed by atoms with Crippen molar-refractivity contribution in [3.63, 3.8) is 0 Å². The fraction of sp³-hybridized carbons (Fsp3) is 0.765. The summed E-state index contributed by atoms with van der Waals surface area (Å²) in [4.78, 5) is 21.4. The molecule has 23 heavy (non-hydrogen) atoms. The molecule has 1 aliphatic heterocycles. The van der Waals surface area contributed by atoms with Crippen LogP contribution in [-0.4, -0.2) is 64.1 Å². The first-order valence-corrected chi connectivity index (χ1v) is 9.58. The van der Waals surface area contributed by atoms with Crippen LogP contribution in [0.15, 0.2) is 5.38 Å². The highest BCUT2D eigenvalue weighted by Gasteiger charge is 2.33. The number of rotatable bonds is 4. The summed E-state index contributed by atoms with van der Waals surface area (Å²) < 4.78 is 0. The Labute approximate surface area is 142 Å². The van der Waals surface area contributed by atoms with Crippen molar-refractivity contribution >= 4 is 17.2 Å². The van der Waals surface area contributed by atoms with Gasteiger partial charge in [0.15, 0.2) is 0 Å². The number of hydrogen-bond donors (Lipinski definition) is 1. The predicted molar refractivity (Wildman–Crippen MR) is 91.8 cm³/mol. The van der Waals surface area contributed by atoms with Gasteiger partial charge in [-0.1, -0.05) is 13.8 Å². The van der Waals surface area contributed by atoms with E-state index in [0.29, 0.717) is 17.7 Å². The highest BCUT2D eigenvalue weighted by Crippen LogP contribution is 2.25. The summed E-state index contributed by atoms with van der Waals surface area (Å²) in [5.74, 6) is 0.619. The summed E-state index contributed by atoms with van der Waals surface area (Å²) in [6, 6.07) is 0.296. The van der Waals surface area contributed by atoms with Crippen LogP contribution in [0.1, 0.15) is 48.6 Å². The van der Waals surface area contributed by atoms with Crippen LogP contribution in [0.5, 0.6) is 0 Å². The maximum Gasteiger partial charge on any atom is 0.273 e. The molecule has 1 aromatic rings. The van der Waals surface area contributed by atoms with Crippen LogP contribution < -0.4 is 0 Å². The Kier molecular flexibility index (Phi) is 5.34. The lowest BCUT2D eigenvalue weighted by Crippen LogP contribution is -2.53. The van der Waals surface area contributed by atoms with Crippen molar-refractivity contribution in [2.24, 2.45) is 5.92 Å². The second-order valence-electron chi connectivity index (χ2n) is 7.12. The summed E-state index contributed by atoms with van der Waals surface area (Å²) in [5, 5.41) is 13.0. The first-order valence-electron chi connectivity index (χ1n) is 8.70. The summed E-state index contributed by atoms with van der Waals surface area (Å²) in [6.07, 6.45) is 3.86. The first kappa shape index (κ1) is 16.9. The van der Waals surface area contributed by atoms with E-state index in [9.17, 15) is 9.90 Å². The highest BCUT2D eigenvalue weighted by molar-refractivity contribution is 7.09. The Hall–Kier alpha value is -0.980. The molecule has 0 bridgehead atoms. The second kappa shape index (κ2) is 7.28. The van der Waals surface area contributed by atoms with Crippen LogP contribution in [0.3, 0.4) is 0 Å². The fourth-order valence-corrected chi connectivity index (χ4v) is 4.60. The molecule has 0 aromatic carbocycles. The van der Waals surface area contributed by atoms with Crippen LogP contribution in [0.25, 0.3) is 0 Å². The molecule has 1 saturated carbocycles. The summed E-state index contributed by atoms with van der Waals surface area (Å²) in [6.45, 7) is 7.52. The quantitative estimate of drug-likeness (QED) is 0.913. The van der Waals surface area contributed by atoms with Gasteiger partial charge in [0, 0.05) is 44.0 Å².